The summed E-state index contributed by atoms with van der Waals surface area (Å²) in [5, 5.41) is 13.0. The Hall–Kier alpha value is -2.73. The molecule has 2 heterocycles. The SMILES string of the molecule is COc1c(C(C)C)cc(C(CC(=O)O)Cc2csc(CCCc3ccc4c(n3)CCCC4)n2)cc1C(C)C. The van der Waals surface area contributed by atoms with E-state index < -0.39 is 5.97 Å². The lowest BCUT2D eigenvalue weighted by Gasteiger charge is -2.23. The summed E-state index contributed by atoms with van der Waals surface area (Å²) < 4.78 is 5.80. The third kappa shape index (κ3) is 7.02. The van der Waals surface area contributed by atoms with Gasteiger partial charge < -0.3 is 9.84 Å². The van der Waals surface area contributed by atoms with Gasteiger partial charge in [-0.3, -0.25) is 9.78 Å². The normalized spacial score (nSPS) is 14.1. The molecule has 204 valence electrons. The van der Waals surface area contributed by atoms with Gasteiger partial charge in [-0.15, -0.1) is 11.3 Å². The van der Waals surface area contributed by atoms with Crippen LogP contribution >= 0.6 is 11.3 Å². The second-order valence-corrected chi connectivity index (χ2v) is 12.2. The number of nitrogens with zero attached hydrogens (tertiary/aromatic N) is 2. The molecule has 3 aromatic rings. The van der Waals surface area contributed by atoms with Crippen LogP contribution in [-0.4, -0.2) is 28.2 Å². The summed E-state index contributed by atoms with van der Waals surface area (Å²) >= 11 is 1.69. The second kappa shape index (κ2) is 12.9. The van der Waals surface area contributed by atoms with Crippen LogP contribution in [0.3, 0.4) is 0 Å². The Labute approximate surface area is 231 Å². The van der Waals surface area contributed by atoms with Crippen LogP contribution < -0.4 is 4.74 Å². The molecule has 0 aliphatic heterocycles. The molecule has 0 radical (unpaired) electrons. The number of ether oxygens (including phenoxy) is 1. The minimum atomic E-state index is -0.781. The summed E-state index contributed by atoms with van der Waals surface area (Å²) in [5.41, 5.74) is 8.24. The van der Waals surface area contributed by atoms with E-state index in [4.69, 9.17) is 14.7 Å². The van der Waals surface area contributed by atoms with Crippen LogP contribution in [0.15, 0.2) is 29.6 Å². The summed E-state index contributed by atoms with van der Waals surface area (Å²) in [4.78, 5) is 21.7. The van der Waals surface area contributed by atoms with Crippen LogP contribution in [0, 0.1) is 0 Å². The largest absolute Gasteiger partial charge is 0.496 e. The first kappa shape index (κ1) is 28.3. The van der Waals surface area contributed by atoms with Gasteiger partial charge in [0.15, 0.2) is 0 Å². The van der Waals surface area contributed by atoms with Gasteiger partial charge in [0.1, 0.15) is 5.75 Å². The molecule has 1 aromatic carbocycles. The molecule has 0 fully saturated rings. The third-order valence-electron chi connectivity index (χ3n) is 7.62. The van der Waals surface area contributed by atoms with E-state index in [-0.39, 0.29) is 24.2 Å². The predicted molar refractivity (Wildman–Crippen MR) is 155 cm³/mol. The van der Waals surface area contributed by atoms with Gasteiger partial charge in [-0.1, -0.05) is 45.9 Å². The van der Waals surface area contributed by atoms with Gasteiger partial charge in [-0.2, -0.15) is 0 Å². The van der Waals surface area contributed by atoms with Crippen molar-refractivity contribution < 1.29 is 14.6 Å². The Kier molecular flexibility index (Phi) is 9.59. The molecular formula is C32H42N2O3S. The minimum Gasteiger partial charge on any atom is -0.496 e. The Balaban J connectivity index is 1.46. The monoisotopic (exact) mass is 534 g/mol. The van der Waals surface area contributed by atoms with Crippen LogP contribution in [0.1, 0.15) is 115 Å². The Morgan fingerprint density at radius 1 is 1.00 bits per heavy atom. The molecule has 0 amide bonds. The van der Waals surface area contributed by atoms with Crippen molar-refractivity contribution in [1.29, 1.82) is 0 Å². The van der Waals surface area contributed by atoms with E-state index in [1.54, 1.807) is 18.4 Å². The first-order valence-electron chi connectivity index (χ1n) is 14.1. The number of carboxylic acids is 1. The quantitative estimate of drug-likeness (QED) is 0.258. The Morgan fingerprint density at radius 2 is 1.71 bits per heavy atom. The molecule has 2 aromatic heterocycles. The van der Waals surface area contributed by atoms with Gasteiger partial charge in [0.25, 0.3) is 0 Å². The summed E-state index contributed by atoms with van der Waals surface area (Å²) in [7, 11) is 1.72. The number of rotatable bonds is 12. The fraction of sp³-hybridized carbons (Fsp3) is 0.531. The number of aromatic nitrogens is 2. The number of benzene rings is 1. The van der Waals surface area contributed by atoms with E-state index in [1.165, 1.54) is 36.2 Å². The number of fused-ring (bicyclic) bond motifs is 1. The smallest absolute Gasteiger partial charge is 0.303 e. The Morgan fingerprint density at radius 3 is 2.37 bits per heavy atom. The lowest BCUT2D eigenvalue weighted by atomic mass is 9.84. The molecule has 1 atom stereocenters. The lowest BCUT2D eigenvalue weighted by molar-refractivity contribution is -0.137. The lowest BCUT2D eigenvalue weighted by Crippen LogP contribution is -2.12. The van der Waals surface area contributed by atoms with Crippen LogP contribution in [0.25, 0.3) is 0 Å². The highest BCUT2D eigenvalue weighted by atomic mass is 32.1. The topological polar surface area (TPSA) is 72.3 Å². The molecular weight excluding hydrogens is 492 g/mol. The number of carbonyl (C=O) groups is 1. The maximum absolute atomic E-state index is 11.9. The Bertz CT molecular complexity index is 1220. The average Bonchev–Trinajstić information content (AvgIpc) is 3.34. The zero-order valence-electron chi connectivity index (χ0n) is 23.5. The van der Waals surface area contributed by atoms with Crippen molar-refractivity contribution >= 4 is 17.3 Å². The van der Waals surface area contributed by atoms with Crippen molar-refractivity contribution in [3.05, 3.63) is 74.0 Å². The molecule has 0 saturated carbocycles. The fourth-order valence-electron chi connectivity index (χ4n) is 5.54. The highest BCUT2D eigenvalue weighted by molar-refractivity contribution is 7.09. The number of thiazole rings is 1. The molecule has 1 aliphatic rings. The minimum absolute atomic E-state index is 0.0816. The molecule has 0 spiro atoms. The third-order valence-corrected chi connectivity index (χ3v) is 8.58. The van der Waals surface area contributed by atoms with Gasteiger partial charge in [0.05, 0.1) is 24.2 Å². The number of aliphatic carboxylic acids is 1. The van der Waals surface area contributed by atoms with Gasteiger partial charge in [0, 0.05) is 16.8 Å². The number of pyridine rings is 1. The maximum Gasteiger partial charge on any atom is 0.303 e. The molecule has 5 nitrogen and oxygen atoms in total. The van der Waals surface area contributed by atoms with Crippen molar-refractivity contribution in [2.24, 2.45) is 0 Å². The van der Waals surface area contributed by atoms with Crippen LogP contribution in [0.4, 0.5) is 0 Å². The summed E-state index contributed by atoms with van der Waals surface area (Å²) in [6, 6.07) is 8.78. The first-order chi connectivity index (χ1) is 18.2. The molecule has 1 aliphatic carbocycles. The van der Waals surface area contributed by atoms with E-state index in [0.717, 1.165) is 58.8 Å². The van der Waals surface area contributed by atoms with E-state index >= 15 is 0 Å². The molecule has 0 bridgehead atoms. The van der Waals surface area contributed by atoms with Crippen molar-refractivity contribution in [1.82, 2.24) is 9.97 Å². The fourth-order valence-corrected chi connectivity index (χ4v) is 6.40. The number of hydrogen-bond donors (Lipinski definition) is 1. The zero-order chi connectivity index (χ0) is 27.2. The van der Waals surface area contributed by atoms with Crippen molar-refractivity contribution in [3.8, 4) is 5.75 Å². The van der Waals surface area contributed by atoms with E-state index in [2.05, 4.69) is 57.3 Å². The number of carboxylic acid groups (broad SMARTS) is 1. The standard InChI is InChI=1S/C32H42N2O3S/c1-20(2)27-16-24(17-28(21(3)4)32(27)37-5)23(18-31(35)36)15-26-19-38-30(34-26)12-8-10-25-14-13-22-9-6-7-11-29(22)33-25/h13-14,16-17,19-21,23H,6-12,15,18H2,1-5H3,(H,35,36). The maximum atomic E-state index is 11.9. The highest BCUT2D eigenvalue weighted by Gasteiger charge is 2.23. The summed E-state index contributed by atoms with van der Waals surface area (Å²) in [5.74, 6) is 0.572. The van der Waals surface area contributed by atoms with Crippen molar-refractivity contribution in [2.75, 3.05) is 7.11 Å². The summed E-state index contributed by atoms with van der Waals surface area (Å²) in [6.07, 6.45) is 8.42. The van der Waals surface area contributed by atoms with Crippen molar-refractivity contribution in [2.45, 2.75) is 103 Å². The van der Waals surface area contributed by atoms with Crippen LogP contribution in [0.2, 0.25) is 0 Å². The van der Waals surface area contributed by atoms with Gasteiger partial charge in [0.2, 0.25) is 0 Å². The van der Waals surface area contributed by atoms with Gasteiger partial charge in [-0.25, -0.2) is 4.98 Å². The molecule has 1 unspecified atom stereocenters. The molecule has 1 N–H and O–H groups in total. The zero-order valence-corrected chi connectivity index (χ0v) is 24.4. The number of hydrogen-bond acceptors (Lipinski definition) is 5. The van der Waals surface area contributed by atoms with Gasteiger partial charge in [-0.05, 0) is 97.4 Å². The second-order valence-electron chi connectivity index (χ2n) is 11.2. The van der Waals surface area contributed by atoms with E-state index in [1.807, 2.05) is 0 Å². The van der Waals surface area contributed by atoms with Crippen LogP contribution in [-0.2, 0) is 36.9 Å². The van der Waals surface area contributed by atoms with E-state index in [9.17, 15) is 9.90 Å². The summed E-state index contributed by atoms with van der Waals surface area (Å²) in [6.45, 7) is 8.63. The van der Waals surface area contributed by atoms with E-state index in [0.29, 0.717) is 6.42 Å². The van der Waals surface area contributed by atoms with Crippen LogP contribution in [0.5, 0.6) is 5.75 Å². The number of methoxy groups -OCH3 is 1. The highest BCUT2D eigenvalue weighted by Crippen LogP contribution is 2.39. The molecule has 4 rings (SSSR count). The van der Waals surface area contributed by atoms with Gasteiger partial charge >= 0.3 is 5.97 Å². The first-order valence-corrected chi connectivity index (χ1v) is 15.0. The number of aryl methyl sites for hydroxylation is 4. The molecule has 0 saturated heterocycles. The molecule has 6 heteroatoms. The average molecular weight is 535 g/mol. The van der Waals surface area contributed by atoms with Crippen molar-refractivity contribution in [3.63, 3.8) is 0 Å². The molecule has 38 heavy (non-hydrogen) atoms. The predicted octanol–water partition coefficient (Wildman–Crippen LogP) is 7.65.